The Kier molecular flexibility index (Phi) is 6.93. The molecule has 37 heavy (non-hydrogen) atoms. The lowest BCUT2D eigenvalue weighted by atomic mass is 9.86. The summed E-state index contributed by atoms with van der Waals surface area (Å²) in [5, 5.41) is 12.1. The Balaban J connectivity index is 1.35. The lowest BCUT2D eigenvalue weighted by Gasteiger charge is -2.45. The molecule has 1 aromatic carbocycles. The molecular formula is C29H41F2N5O. The average molecular weight is 516 g/mol. The zero-order valence-corrected chi connectivity index (χ0v) is 22.2. The maximum absolute atomic E-state index is 13.8. The highest BCUT2D eigenvalue weighted by atomic mass is 19.3. The minimum absolute atomic E-state index is 0.130. The van der Waals surface area contributed by atoms with Gasteiger partial charge < -0.3 is 9.88 Å². The third-order valence-corrected chi connectivity index (χ3v) is 8.69. The van der Waals surface area contributed by atoms with Crippen LogP contribution in [-0.4, -0.2) is 49.7 Å². The first-order chi connectivity index (χ1) is 18.5. The molecule has 5 rings (SSSR count). The molecule has 0 spiro atoms. The molecule has 2 aliphatic heterocycles. The molecule has 0 radical (unpaired) electrons. The fourth-order valence-electron chi connectivity index (χ4n) is 6.84. The topological polar surface area (TPSA) is 63.1 Å². The summed E-state index contributed by atoms with van der Waals surface area (Å²) in [6, 6.07) is 6.60. The van der Waals surface area contributed by atoms with Gasteiger partial charge in [0, 0.05) is 42.8 Å². The summed E-state index contributed by atoms with van der Waals surface area (Å²) in [7, 11) is 0. The summed E-state index contributed by atoms with van der Waals surface area (Å²) >= 11 is 0. The zero-order chi connectivity index (χ0) is 27.9. The molecule has 2 aromatic rings. The van der Waals surface area contributed by atoms with Gasteiger partial charge in [0.25, 0.3) is 0 Å². The smallest absolute Gasteiger partial charge is 0.248 e. The van der Waals surface area contributed by atoms with Gasteiger partial charge in [-0.25, -0.2) is 8.78 Å². The number of hydrogen-bond donors (Lipinski definition) is 1. The first-order valence-electron chi connectivity index (χ1n) is 15.0. The molecule has 202 valence electrons. The normalized spacial score (nSPS) is 27.7. The lowest BCUT2D eigenvalue weighted by molar-refractivity contribution is -0.132. The van der Waals surface area contributed by atoms with Crippen LogP contribution in [0.3, 0.4) is 0 Å². The fraction of sp³-hybridized carbons (Fsp3) is 0.690. The fourth-order valence-corrected chi connectivity index (χ4v) is 6.84. The number of halogens is 2. The van der Waals surface area contributed by atoms with E-state index in [1.54, 1.807) is 12.1 Å². The molecule has 1 aromatic heterocycles. The van der Waals surface area contributed by atoms with Crippen LogP contribution in [0.1, 0.15) is 104 Å². The number of nitrogens with one attached hydrogen (secondary N) is 1. The first kappa shape index (κ1) is 23.7. The van der Waals surface area contributed by atoms with Crippen LogP contribution in [0.5, 0.6) is 0 Å². The van der Waals surface area contributed by atoms with Crippen LogP contribution in [0, 0.1) is 12.8 Å². The second-order valence-corrected chi connectivity index (χ2v) is 11.6. The van der Waals surface area contributed by atoms with Gasteiger partial charge in [-0.3, -0.25) is 9.69 Å². The second-order valence-electron chi connectivity index (χ2n) is 11.6. The minimum atomic E-state index is -2.67. The highest BCUT2D eigenvalue weighted by Crippen LogP contribution is 2.43. The van der Waals surface area contributed by atoms with E-state index >= 15 is 0 Å². The molecule has 8 heteroatoms. The number of benzene rings is 1. The quantitative estimate of drug-likeness (QED) is 0.484. The van der Waals surface area contributed by atoms with E-state index in [0.717, 1.165) is 42.9 Å². The Morgan fingerprint density at radius 3 is 2.51 bits per heavy atom. The monoisotopic (exact) mass is 515 g/mol. The van der Waals surface area contributed by atoms with E-state index in [9.17, 15) is 13.6 Å². The van der Waals surface area contributed by atoms with E-state index < -0.39 is 5.92 Å². The highest BCUT2D eigenvalue weighted by Gasteiger charge is 2.46. The molecule has 3 fully saturated rings. The minimum Gasteiger partial charge on any atom is -0.340 e. The van der Waals surface area contributed by atoms with E-state index in [1.807, 2.05) is 13.0 Å². The highest BCUT2D eigenvalue weighted by molar-refractivity contribution is 5.79. The summed E-state index contributed by atoms with van der Waals surface area (Å²) in [6.45, 7) is 6.30. The van der Waals surface area contributed by atoms with Crippen molar-refractivity contribution in [2.24, 2.45) is 5.92 Å². The number of rotatable bonds is 8. The van der Waals surface area contributed by atoms with Gasteiger partial charge in [-0.05, 0) is 63.9 Å². The molecule has 3 heterocycles. The Bertz CT molecular complexity index is 1160. The van der Waals surface area contributed by atoms with Gasteiger partial charge in [-0.2, -0.15) is 0 Å². The number of carbonyl (C=O) groups excluding carboxylic acids is 1. The predicted molar refractivity (Wildman–Crippen MR) is 139 cm³/mol. The molecule has 3 aliphatic rings. The van der Waals surface area contributed by atoms with Crippen molar-refractivity contribution in [3.8, 4) is 0 Å². The number of aryl methyl sites for hydroxylation is 2. The molecule has 1 amide bonds. The number of aromatic nitrogens is 3. The number of alkyl halides is 2. The van der Waals surface area contributed by atoms with E-state index in [2.05, 4.69) is 38.8 Å². The molecule has 1 N–H and O–H groups in total. The van der Waals surface area contributed by atoms with Crippen LogP contribution in [0.15, 0.2) is 30.3 Å². The molecule has 2 bridgehead atoms. The number of nitrogens with zero attached hydrogens (tertiary/aromatic N) is 4. The lowest BCUT2D eigenvalue weighted by Crippen LogP contribution is -2.57. The first-order valence-corrected chi connectivity index (χ1v) is 14.0. The number of amides is 1. The van der Waals surface area contributed by atoms with Crippen molar-refractivity contribution in [3.05, 3.63) is 47.5 Å². The molecule has 1 saturated carbocycles. The van der Waals surface area contributed by atoms with Crippen LogP contribution >= 0.6 is 0 Å². The number of hydrogen-bond acceptors (Lipinski definition) is 4. The zero-order valence-electron chi connectivity index (χ0n) is 24.2. The number of carbonyl (C=O) groups is 1. The standard InChI is InChI=1S/C29H41F2N5O/c1-19(2)27-34-33-20(3)35(27)25-17-23-10-11-24(18-25)36(23)26(12-9-21-7-5-4-6-8-21)32-28(37)22-13-15-29(30,31)16-14-22/h4-8,19,22-26H,9-18H2,1-3H3,(H,32,37)/i5D,7D. The molecule has 1 aliphatic carbocycles. The van der Waals surface area contributed by atoms with Crippen molar-refractivity contribution in [1.82, 2.24) is 25.0 Å². The second kappa shape index (κ2) is 10.8. The molecular weight excluding hydrogens is 472 g/mol. The Morgan fingerprint density at radius 2 is 1.84 bits per heavy atom. The summed E-state index contributed by atoms with van der Waals surface area (Å²) < 4.78 is 46.2. The van der Waals surface area contributed by atoms with Gasteiger partial charge in [-0.15, -0.1) is 10.2 Å². The van der Waals surface area contributed by atoms with Crippen LogP contribution in [-0.2, 0) is 11.2 Å². The largest absolute Gasteiger partial charge is 0.340 e. The Morgan fingerprint density at radius 1 is 1.14 bits per heavy atom. The van der Waals surface area contributed by atoms with Gasteiger partial charge in [0.15, 0.2) is 0 Å². The van der Waals surface area contributed by atoms with Crippen molar-refractivity contribution in [2.45, 2.75) is 121 Å². The Hall–Kier alpha value is -2.35. The van der Waals surface area contributed by atoms with Crippen LogP contribution in [0.25, 0.3) is 0 Å². The summed E-state index contributed by atoms with van der Waals surface area (Å²) in [5.74, 6) is -0.953. The summed E-state index contributed by atoms with van der Waals surface area (Å²) in [4.78, 5) is 15.8. The van der Waals surface area contributed by atoms with Crippen LogP contribution in [0.2, 0.25) is 0 Å². The van der Waals surface area contributed by atoms with Gasteiger partial charge in [0.2, 0.25) is 11.8 Å². The van der Waals surface area contributed by atoms with Crippen LogP contribution in [0.4, 0.5) is 8.78 Å². The van der Waals surface area contributed by atoms with Crippen molar-refractivity contribution in [2.75, 3.05) is 0 Å². The van der Waals surface area contributed by atoms with E-state index in [4.69, 9.17) is 2.74 Å². The van der Waals surface area contributed by atoms with Gasteiger partial charge >= 0.3 is 0 Å². The van der Waals surface area contributed by atoms with Gasteiger partial charge in [0.1, 0.15) is 11.6 Å². The molecule has 2 saturated heterocycles. The molecule has 3 atom stereocenters. The van der Waals surface area contributed by atoms with Crippen molar-refractivity contribution in [1.29, 1.82) is 0 Å². The van der Waals surface area contributed by atoms with Crippen LogP contribution < -0.4 is 5.32 Å². The third-order valence-electron chi connectivity index (χ3n) is 8.69. The van der Waals surface area contributed by atoms with Gasteiger partial charge in [-0.1, -0.05) is 44.1 Å². The molecule has 3 unspecified atom stereocenters. The maximum Gasteiger partial charge on any atom is 0.248 e. The molecule has 6 nitrogen and oxygen atoms in total. The van der Waals surface area contributed by atoms with Crippen molar-refractivity contribution >= 4 is 5.91 Å². The average Bonchev–Trinajstić information content (AvgIpc) is 3.40. The van der Waals surface area contributed by atoms with Crippen molar-refractivity contribution in [3.63, 3.8) is 0 Å². The summed E-state index contributed by atoms with van der Waals surface area (Å²) in [5.41, 5.74) is 0.794. The third kappa shape index (κ3) is 5.74. The summed E-state index contributed by atoms with van der Waals surface area (Å²) in [6.07, 6.45) is 4.89. The SMILES string of the molecule is [2H]c1cccc(CCC(NC(=O)C2CCC(F)(F)CC2)N2C3CCC2CC(n2c(C)nnc2C(C)C)C3)c1[2H]. The number of fused-ring (bicyclic) bond motifs is 2. The van der Waals surface area contributed by atoms with E-state index in [0.29, 0.717) is 18.9 Å². The van der Waals surface area contributed by atoms with Gasteiger partial charge in [0.05, 0.1) is 8.91 Å². The maximum atomic E-state index is 13.8. The van der Waals surface area contributed by atoms with Crippen molar-refractivity contribution < 1.29 is 16.3 Å². The van der Waals surface area contributed by atoms with E-state index in [-0.39, 0.29) is 73.8 Å². The number of piperidine rings is 1. The van der Waals surface area contributed by atoms with E-state index in [1.165, 1.54) is 0 Å². The Labute approximate surface area is 222 Å². The predicted octanol–water partition coefficient (Wildman–Crippen LogP) is 5.78.